The molecule has 19 heavy (non-hydrogen) atoms. The number of benzene rings is 1. The van der Waals surface area contributed by atoms with Crippen molar-refractivity contribution in [3.8, 4) is 11.5 Å². The van der Waals surface area contributed by atoms with E-state index in [0.29, 0.717) is 0 Å². The zero-order valence-electron chi connectivity index (χ0n) is 10.8. The lowest BCUT2D eigenvalue weighted by Gasteiger charge is -2.11. The summed E-state index contributed by atoms with van der Waals surface area (Å²) in [5.74, 6) is -1.94. The van der Waals surface area contributed by atoms with Crippen molar-refractivity contribution in [1.29, 1.82) is 0 Å². The van der Waals surface area contributed by atoms with Crippen molar-refractivity contribution in [1.82, 2.24) is 0 Å². The molecule has 0 unspecified atom stereocenters. The van der Waals surface area contributed by atoms with Crippen LogP contribution < -0.4 is 4.74 Å². The molecule has 1 aromatic rings. The first kappa shape index (κ1) is 14.6. The van der Waals surface area contributed by atoms with E-state index in [1.165, 1.54) is 38.5 Å². The second kappa shape index (κ2) is 6.44. The number of aromatic hydroxyl groups is 1. The van der Waals surface area contributed by atoms with Gasteiger partial charge in [0.25, 0.3) is 0 Å². The van der Waals surface area contributed by atoms with Gasteiger partial charge < -0.3 is 19.3 Å². The number of allylic oxidation sites excluding steroid dienone is 1. The van der Waals surface area contributed by atoms with Gasteiger partial charge in [-0.3, -0.25) is 0 Å². The molecule has 0 atom stereocenters. The smallest absolute Gasteiger partial charge is 0.373 e. The molecule has 0 aromatic heterocycles. The van der Waals surface area contributed by atoms with E-state index < -0.39 is 17.7 Å². The van der Waals surface area contributed by atoms with Crippen LogP contribution in [0.3, 0.4) is 0 Å². The number of para-hydroxylation sites is 1. The van der Waals surface area contributed by atoms with Gasteiger partial charge in [-0.05, 0) is 25.1 Å². The van der Waals surface area contributed by atoms with Crippen molar-refractivity contribution >= 4 is 11.9 Å². The van der Waals surface area contributed by atoms with E-state index in [4.69, 9.17) is 4.74 Å². The lowest BCUT2D eigenvalue weighted by molar-refractivity contribution is -0.138. The minimum Gasteiger partial charge on any atom is -0.504 e. The van der Waals surface area contributed by atoms with Gasteiger partial charge in [0.1, 0.15) is 5.56 Å². The first-order valence-electron chi connectivity index (χ1n) is 5.37. The zero-order chi connectivity index (χ0) is 14.4. The van der Waals surface area contributed by atoms with Crippen molar-refractivity contribution in [2.24, 2.45) is 0 Å². The SMILES string of the molecule is C/C=C(\Oc1cccc(C(=O)OC)c1O)C(=O)OC. The number of ether oxygens (including phenoxy) is 3. The summed E-state index contributed by atoms with van der Waals surface area (Å²) in [5.41, 5.74) is -0.0553. The summed E-state index contributed by atoms with van der Waals surface area (Å²) in [5, 5.41) is 9.88. The van der Waals surface area contributed by atoms with Gasteiger partial charge in [0.15, 0.2) is 11.5 Å². The molecule has 0 amide bonds. The average Bonchev–Trinajstić information content (AvgIpc) is 2.44. The Kier molecular flexibility index (Phi) is 4.93. The van der Waals surface area contributed by atoms with Gasteiger partial charge in [-0.1, -0.05) is 6.07 Å². The predicted molar refractivity (Wildman–Crippen MR) is 65.8 cm³/mol. The van der Waals surface area contributed by atoms with E-state index in [2.05, 4.69) is 9.47 Å². The topological polar surface area (TPSA) is 82.1 Å². The molecular weight excluding hydrogens is 252 g/mol. The molecule has 0 aliphatic carbocycles. The molecule has 0 fully saturated rings. The largest absolute Gasteiger partial charge is 0.504 e. The summed E-state index contributed by atoms with van der Waals surface area (Å²) in [7, 11) is 2.40. The summed E-state index contributed by atoms with van der Waals surface area (Å²) < 4.78 is 14.2. The Morgan fingerprint density at radius 2 is 1.89 bits per heavy atom. The number of phenolic OH excluding ortho intramolecular Hbond substituents is 1. The van der Waals surface area contributed by atoms with Crippen molar-refractivity contribution in [2.75, 3.05) is 14.2 Å². The van der Waals surface area contributed by atoms with Crippen LogP contribution in [0.2, 0.25) is 0 Å². The highest BCUT2D eigenvalue weighted by molar-refractivity contribution is 5.93. The fourth-order valence-corrected chi connectivity index (χ4v) is 1.32. The molecule has 0 saturated heterocycles. The van der Waals surface area contributed by atoms with Crippen molar-refractivity contribution in [3.05, 3.63) is 35.6 Å². The van der Waals surface area contributed by atoms with E-state index in [0.717, 1.165) is 0 Å². The molecule has 1 rings (SSSR count). The molecule has 1 N–H and O–H groups in total. The normalized spacial score (nSPS) is 10.8. The summed E-state index contributed by atoms with van der Waals surface area (Å²) in [6, 6.07) is 4.28. The summed E-state index contributed by atoms with van der Waals surface area (Å²) in [6.07, 6.45) is 1.39. The van der Waals surface area contributed by atoms with Crippen molar-refractivity contribution < 1.29 is 28.9 Å². The van der Waals surface area contributed by atoms with Gasteiger partial charge >= 0.3 is 11.9 Å². The van der Waals surface area contributed by atoms with Gasteiger partial charge in [0.05, 0.1) is 14.2 Å². The molecule has 0 aliphatic heterocycles. The molecule has 0 saturated carbocycles. The number of rotatable bonds is 4. The van der Waals surface area contributed by atoms with Crippen molar-refractivity contribution in [3.63, 3.8) is 0 Å². The molecule has 0 heterocycles. The molecule has 1 aromatic carbocycles. The fraction of sp³-hybridized carbons (Fsp3) is 0.231. The summed E-state index contributed by atoms with van der Waals surface area (Å²) in [4.78, 5) is 22.7. The first-order chi connectivity index (χ1) is 9.04. The second-order valence-corrected chi connectivity index (χ2v) is 3.39. The van der Waals surface area contributed by atoms with Crippen LogP contribution in [0.1, 0.15) is 17.3 Å². The molecule has 102 valence electrons. The van der Waals surface area contributed by atoms with Gasteiger partial charge in [-0.15, -0.1) is 0 Å². The van der Waals surface area contributed by atoms with Crippen LogP contribution in [-0.2, 0) is 14.3 Å². The third-order valence-corrected chi connectivity index (χ3v) is 2.27. The van der Waals surface area contributed by atoms with Crippen LogP contribution in [-0.4, -0.2) is 31.3 Å². The minimum absolute atomic E-state index is 0.0404. The number of phenols is 1. The molecule has 6 nitrogen and oxygen atoms in total. The van der Waals surface area contributed by atoms with Gasteiger partial charge in [0, 0.05) is 0 Å². The highest BCUT2D eigenvalue weighted by atomic mass is 16.6. The maximum Gasteiger partial charge on any atom is 0.373 e. The minimum atomic E-state index is -0.706. The Morgan fingerprint density at radius 1 is 1.21 bits per heavy atom. The van der Waals surface area contributed by atoms with E-state index in [-0.39, 0.29) is 17.1 Å². The van der Waals surface area contributed by atoms with Gasteiger partial charge in [-0.2, -0.15) is 0 Å². The van der Waals surface area contributed by atoms with Crippen LogP contribution >= 0.6 is 0 Å². The van der Waals surface area contributed by atoms with Crippen LogP contribution in [0, 0.1) is 0 Å². The zero-order valence-corrected chi connectivity index (χ0v) is 10.8. The average molecular weight is 266 g/mol. The maximum atomic E-state index is 11.4. The van der Waals surface area contributed by atoms with Crippen LogP contribution in [0.5, 0.6) is 11.5 Å². The number of hydrogen-bond acceptors (Lipinski definition) is 6. The standard InChI is InChI=1S/C13H14O6/c1-4-9(13(16)18-3)19-10-7-5-6-8(11(10)14)12(15)17-2/h4-7,14H,1-3H3/b9-4-. The van der Waals surface area contributed by atoms with E-state index in [1.54, 1.807) is 6.92 Å². The Hall–Kier alpha value is -2.50. The number of esters is 2. The van der Waals surface area contributed by atoms with Crippen LogP contribution in [0.25, 0.3) is 0 Å². The fourth-order valence-electron chi connectivity index (χ4n) is 1.32. The highest BCUT2D eigenvalue weighted by Gasteiger charge is 2.18. The molecule has 6 heteroatoms. The number of carbonyl (C=O) groups excluding carboxylic acids is 2. The Morgan fingerprint density at radius 3 is 2.42 bits per heavy atom. The maximum absolute atomic E-state index is 11.4. The van der Waals surface area contributed by atoms with Crippen LogP contribution in [0.15, 0.2) is 30.0 Å². The van der Waals surface area contributed by atoms with Gasteiger partial charge in [0.2, 0.25) is 5.76 Å². The summed E-state index contributed by atoms with van der Waals surface area (Å²) >= 11 is 0. The second-order valence-electron chi connectivity index (χ2n) is 3.39. The van der Waals surface area contributed by atoms with E-state index in [9.17, 15) is 14.7 Å². The number of methoxy groups -OCH3 is 2. The van der Waals surface area contributed by atoms with E-state index in [1.807, 2.05) is 0 Å². The molecular formula is C13H14O6. The first-order valence-corrected chi connectivity index (χ1v) is 5.37. The third kappa shape index (κ3) is 3.25. The Labute approximate surface area is 110 Å². The Bertz CT molecular complexity index is 518. The lowest BCUT2D eigenvalue weighted by atomic mass is 10.2. The Balaban J connectivity index is 3.09. The lowest BCUT2D eigenvalue weighted by Crippen LogP contribution is -2.11. The highest BCUT2D eigenvalue weighted by Crippen LogP contribution is 2.31. The molecule has 0 bridgehead atoms. The predicted octanol–water partition coefficient (Wildman–Crippen LogP) is 1.63. The molecule has 0 aliphatic rings. The number of carbonyl (C=O) groups is 2. The van der Waals surface area contributed by atoms with Crippen molar-refractivity contribution in [2.45, 2.75) is 6.92 Å². The third-order valence-electron chi connectivity index (χ3n) is 2.27. The molecule has 0 spiro atoms. The summed E-state index contributed by atoms with van der Waals surface area (Å²) in [6.45, 7) is 1.58. The molecule has 0 radical (unpaired) electrons. The van der Waals surface area contributed by atoms with E-state index >= 15 is 0 Å². The van der Waals surface area contributed by atoms with Gasteiger partial charge in [-0.25, -0.2) is 9.59 Å². The monoisotopic (exact) mass is 266 g/mol. The quantitative estimate of drug-likeness (QED) is 0.506. The van der Waals surface area contributed by atoms with Crippen LogP contribution in [0.4, 0.5) is 0 Å². The number of hydrogen-bond donors (Lipinski definition) is 1.